The van der Waals surface area contributed by atoms with E-state index in [1.807, 2.05) is 50.5 Å². The van der Waals surface area contributed by atoms with Crippen molar-refractivity contribution in [3.05, 3.63) is 108 Å². The third-order valence-corrected chi connectivity index (χ3v) is 9.09. The van der Waals surface area contributed by atoms with E-state index in [0.717, 1.165) is 34.8 Å². The van der Waals surface area contributed by atoms with Crippen LogP contribution in [0.15, 0.2) is 90.2 Å². The van der Waals surface area contributed by atoms with Crippen LogP contribution in [-0.4, -0.2) is 67.4 Å². The zero-order chi connectivity index (χ0) is 28.8. The van der Waals surface area contributed by atoms with E-state index in [-0.39, 0.29) is 17.5 Å². The first kappa shape index (κ1) is 28.4. The molecule has 0 bridgehead atoms. The first-order valence-corrected chi connectivity index (χ1v) is 15.0. The number of nitrogens with one attached hydrogen (secondary N) is 1. The predicted molar refractivity (Wildman–Crippen MR) is 158 cm³/mol. The van der Waals surface area contributed by atoms with Crippen molar-refractivity contribution in [1.82, 2.24) is 19.2 Å². The highest BCUT2D eigenvalue weighted by Gasteiger charge is 2.36. The predicted octanol–water partition coefficient (Wildman–Crippen LogP) is 4.04. The third kappa shape index (κ3) is 6.77. The van der Waals surface area contributed by atoms with Crippen molar-refractivity contribution in [2.75, 3.05) is 38.7 Å². The Bertz CT molecular complexity index is 1580. The second kappa shape index (κ2) is 12.6. The Morgan fingerprint density at radius 2 is 1.88 bits per heavy atom. The van der Waals surface area contributed by atoms with E-state index >= 15 is 0 Å². The maximum absolute atomic E-state index is 14.2. The third-order valence-electron chi connectivity index (χ3n) is 7.18. The molecule has 0 saturated carbocycles. The summed E-state index contributed by atoms with van der Waals surface area (Å²) in [4.78, 5) is 11.8. The molecule has 3 aromatic carbocycles. The van der Waals surface area contributed by atoms with Crippen LogP contribution in [0.1, 0.15) is 22.4 Å². The van der Waals surface area contributed by atoms with Crippen molar-refractivity contribution < 1.29 is 13.2 Å². The van der Waals surface area contributed by atoms with Crippen LogP contribution >= 0.6 is 0 Å². The topological polar surface area (TPSA) is 106 Å². The molecule has 1 aromatic heterocycles. The molecule has 10 heteroatoms. The second-order valence-corrected chi connectivity index (χ2v) is 12.3. The van der Waals surface area contributed by atoms with E-state index in [1.54, 1.807) is 53.2 Å². The van der Waals surface area contributed by atoms with Crippen LogP contribution in [0.5, 0.6) is 5.75 Å². The van der Waals surface area contributed by atoms with Crippen LogP contribution in [0.3, 0.4) is 0 Å². The molecule has 0 amide bonds. The highest BCUT2D eigenvalue weighted by atomic mass is 32.2. The number of aromatic nitrogens is 2. The van der Waals surface area contributed by atoms with Gasteiger partial charge in [0.05, 0.1) is 35.1 Å². The average molecular weight is 571 g/mol. The van der Waals surface area contributed by atoms with E-state index in [9.17, 15) is 13.7 Å². The quantitative estimate of drug-likeness (QED) is 0.307. The van der Waals surface area contributed by atoms with E-state index < -0.39 is 10.0 Å². The highest BCUT2D eigenvalue weighted by molar-refractivity contribution is 7.89. The molecule has 4 aromatic rings. The van der Waals surface area contributed by atoms with Gasteiger partial charge in [0.15, 0.2) is 0 Å². The molecule has 0 spiro atoms. The molecular weight excluding hydrogens is 536 g/mol. The van der Waals surface area contributed by atoms with Crippen molar-refractivity contribution in [1.29, 1.82) is 5.26 Å². The molecule has 0 saturated heterocycles. The first-order valence-electron chi connectivity index (χ1n) is 13.5. The molecule has 9 nitrogen and oxygen atoms in total. The summed E-state index contributed by atoms with van der Waals surface area (Å²) in [5.41, 5.74) is 4.10. The monoisotopic (exact) mass is 570 g/mol. The Kier molecular flexibility index (Phi) is 8.69. The summed E-state index contributed by atoms with van der Waals surface area (Å²) < 4.78 is 35.8. The van der Waals surface area contributed by atoms with Gasteiger partial charge >= 0.3 is 0 Å². The minimum absolute atomic E-state index is 0.151. The fraction of sp³-hybridized carbons (Fsp3) is 0.290. The normalized spacial score (nSPS) is 15.8. The van der Waals surface area contributed by atoms with Crippen LogP contribution in [0.25, 0.3) is 0 Å². The SMILES string of the molecule is CN(C)CCOc1ccc(CC2CN(Cc3cnc[nH]3)c3ccc(C#N)cc3CN2S(=O)(=O)c2ccccc2)cc1. The number of ether oxygens (including phenoxy) is 1. The Balaban J connectivity index is 1.51. The number of nitrogens with zero attached hydrogens (tertiary/aromatic N) is 5. The standard InChI is InChI=1S/C31H34N6O3S/c1-35(2)14-15-40-29-11-8-24(9-12-29)17-28-22-36(21-27-19-33-23-34-27)31-13-10-25(18-32)16-26(31)20-37(28)41(38,39)30-6-4-3-5-7-30/h3-13,16,19,23,28H,14-15,17,20-22H2,1-2H3,(H,33,34). The fourth-order valence-corrected chi connectivity index (χ4v) is 6.69. The van der Waals surface area contributed by atoms with Crippen molar-refractivity contribution in [3.8, 4) is 11.8 Å². The molecule has 212 valence electrons. The number of benzene rings is 3. The van der Waals surface area contributed by atoms with Gasteiger partial charge in [-0.2, -0.15) is 9.57 Å². The van der Waals surface area contributed by atoms with Gasteiger partial charge in [0, 0.05) is 37.6 Å². The number of imidazole rings is 1. The van der Waals surface area contributed by atoms with Crippen LogP contribution in [0.2, 0.25) is 0 Å². The van der Waals surface area contributed by atoms with Gasteiger partial charge < -0.3 is 19.5 Å². The van der Waals surface area contributed by atoms with E-state index in [1.165, 1.54) is 0 Å². The number of rotatable bonds is 10. The molecule has 5 rings (SSSR count). The summed E-state index contributed by atoms with van der Waals surface area (Å²) in [6, 6.07) is 23.7. The van der Waals surface area contributed by atoms with Gasteiger partial charge in [0.1, 0.15) is 12.4 Å². The lowest BCUT2D eigenvalue weighted by atomic mass is 10.1. The Hall–Kier alpha value is -4.17. The molecule has 1 aliphatic heterocycles. The summed E-state index contributed by atoms with van der Waals surface area (Å²) in [7, 11) is 0.150. The first-order chi connectivity index (χ1) is 19.8. The van der Waals surface area contributed by atoms with Gasteiger partial charge in [-0.15, -0.1) is 0 Å². The molecule has 2 heterocycles. The summed E-state index contributed by atoms with van der Waals surface area (Å²) in [6.45, 7) is 2.52. The number of H-pyrrole nitrogens is 1. The molecule has 1 atom stereocenters. The molecule has 1 aliphatic rings. The number of nitriles is 1. The minimum Gasteiger partial charge on any atom is -0.492 e. The highest BCUT2D eigenvalue weighted by Crippen LogP contribution is 2.34. The second-order valence-electron chi connectivity index (χ2n) is 10.4. The van der Waals surface area contributed by atoms with Gasteiger partial charge in [-0.25, -0.2) is 13.4 Å². The molecular formula is C31H34N6O3S. The summed E-state index contributed by atoms with van der Waals surface area (Å²) in [5, 5.41) is 9.62. The maximum atomic E-state index is 14.2. The number of likely N-dealkylation sites (N-methyl/N-ethyl adjacent to an activating group) is 1. The van der Waals surface area contributed by atoms with Crippen molar-refractivity contribution in [2.24, 2.45) is 0 Å². The maximum Gasteiger partial charge on any atom is 0.243 e. The summed E-state index contributed by atoms with van der Waals surface area (Å²) in [6.07, 6.45) is 3.91. The lowest BCUT2D eigenvalue weighted by molar-refractivity contribution is 0.261. The molecule has 41 heavy (non-hydrogen) atoms. The largest absolute Gasteiger partial charge is 0.492 e. The minimum atomic E-state index is -3.86. The zero-order valence-electron chi connectivity index (χ0n) is 23.3. The Morgan fingerprint density at radius 1 is 1.10 bits per heavy atom. The smallest absolute Gasteiger partial charge is 0.243 e. The van der Waals surface area contributed by atoms with E-state index in [4.69, 9.17) is 4.74 Å². The number of hydrogen-bond donors (Lipinski definition) is 1. The molecule has 1 N–H and O–H groups in total. The lowest BCUT2D eigenvalue weighted by Crippen LogP contribution is -2.45. The summed E-state index contributed by atoms with van der Waals surface area (Å²) >= 11 is 0. The molecule has 0 radical (unpaired) electrons. The Morgan fingerprint density at radius 3 is 2.56 bits per heavy atom. The van der Waals surface area contributed by atoms with Crippen molar-refractivity contribution in [3.63, 3.8) is 0 Å². The van der Waals surface area contributed by atoms with Gasteiger partial charge in [-0.3, -0.25) is 0 Å². The average Bonchev–Trinajstić information content (AvgIpc) is 3.44. The number of hydrogen-bond acceptors (Lipinski definition) is 7. The molecule has 0 fully saturated rings. The number of fused-ring (bicyclic) bond motifs is 1. The van der Waals surface area contributed by atoms with Crippen molar-refractivity contribution >= 4 is 15.7 Å². The van der Waals surface area contributed by atoms with Crippen LogP contribution in [0.4, 0.5) is 5.69 Å². The van der Waals surface area contributed by atoms with Gasteiger partial charge in [-0.1, -0.05) is 30.3 Å². The van der Waals surface area contributed by atoms with Crippen LogP contribution in [-0.2, 0) is 29.5 Å². The zero-order valence-corrected chi connectivity index (χ0v) is 24.1. The molecule has 0 aliphatic carbocycles. The summed E-state index contributed by atoms with van der Waals surface area (Å²) in [5.74, 6) is 0.780. The van der Waals surface area contributed by atoms with Gasteiger partial charge in [0.25, 0.3) is 0 Å². The van der Waals surface area contributed by atoms with E-state index in [2.05, 4.69) is 25.8 Å². The van der Waals surface area contributed by atoms with Crippen molar-refractivity contribution in [2.45, 2.75) is 30.4 Å². The van der Waals surface area contributed by atoms with E-state index in [0.29, 0.717) is 31.7 Å². The van der Waals surface area contributed by atoms with Crippen LogP contribution in [0, 0.1) is 11.3 Å². The number of aromatic amines is 1. The Labute approximate surface area is 241 Å². The van der Waals surface area contributed by atoms with Crippen LogP contribution < -0.4 is 9.64 Å². The van der Waals surface area contributed by atoms with Gasteiger partial charge in [-0.05, 0) is 74.1 Å². The fourth-order valence-electron chi connectivity index (χ4n) is 5.07. The number of sulfonamides is 1. The number of anilines is 1. The van der Waals surface area contributed by atoms with Gasteiger partial charge in [0.2, 0.25) is 10.0 Å². The molecule has 1 unspecified atom stereocenters. The lowest BCUT2D eigenvalue weighted by Gasteiger charge is -2.32.